The van der Waals surface area contributed by atoms with Crippen molar-refractivity contribution in [3.8, 4) is 0 Å². The van der Waals surface area contributed by atoms with Crippen molar-refractivity contribution in [1.82, 2.24) is 9.88 Å². The highest BCUT2D eigenvalue weighted by Gasteiger charge is 2.30. The number of hydrogen-bond acceptors (Lipinski definition) is 5. The summed E-state index contributed by atoms with van der Waals surface area (Å²) in [6, 6.07) is 2.49. The summed E-state index contributed by atoms with van der Waals surface area (Å²) >= 11 is 0. The topological polar surface area (TPSA) is 67.3 Å². The Bertz CT molecular complexity index is 616. The summed E-state index contributed by atoms with van der Waals surface area (Å²) in [7, 11) is -2.96. The van der Waals surface area contributed by atoms with Crippen LogP contribution < -0.4 is 0 Å². The zero-order chi connectivity index (χ0) is 15.6. The Balaban J connectivity index is 1.99. The molecule has 5 nitrogen and oxygen atoms in total. The Kier molecular flexibility index (Phi) is 4.73. The lowest BCUT2D eigenvalue weighted by molar-refractivity contribution is 0.0875. The van der Waals surface area contributed by atoms with Crippen LogP contribution in [0.3, 0.4) is 0 Å². The molecule has 21 heavy (non-hydrogen) atoms. The van der Waals surface area contributed by atoms with Crippen LogP contribution in [0.25, 0.3) is 0 Å². The van der Waals surface area contributed by atoms with Crippen molar-refractivity contribution >= 4 is 15.6 Å². The van der Waals surface area contributed by atoms with Crippen LogP contribution in [0.5, 0.6) is 0 Å². The Morgan fingerprint density at radius 1 is 1.52 bits per heavy atom. The van der Waals surface area contributed by atoms with Crippen LogP contribution in [-0.2, 0) is 9.84 Å². The first kappa shape index (κ1) is 16.0. The Morgan fingerprint density at radius 3 is 2.81 bits per heavy atom. The zero-order valence-electron chi connectivity index (χ0n) is 12.1. The van der Waals surface area contributed by atoms with E-state index in [-0.39, 0.29) is 34.9 Å². The normalized spacial score (nSPS) is 23.7. The van der Waals surface area contributed by atoms with Gasteiger partial charge in [-0.25, -0.2) is 12.8 Å². The van der Waals surface area contributed by atoms with E-state index in [1.807, 2.05) is 11.8 Å². The fraction of sp³-hybridized carbons (Fsp3) is 0.571. The third-order valence-corrected chi connectivity index (χ3v) is 5.54. The van der Waals surface area contributed by atoms with E-state index in [1.54, 1.807) is 6.92 Å². The largest absolute Gasteiger partial charge is 0.298 e. The minimum Gasteiger partial charge on any atom is -0.298 e. The number of halogens is 1. The molecule has 0 N–H and O–H groups in total. The number of carbonyl (C=O) groups excluding carboxylic acids is 1. The molecule has 1 saturated heterocycles. The predicted octanol–water partition coefficient (Wildman–Crippen LogP) is 1.16. The number of nitrogens with zero attached hydrogens (tertiary/aromatic N) is 2. The van der Waals surface area contributed by atoms with Crippen molar-refractivity contribution in [3.05, 3.63) is 29.8 Å². The predicted molar refractivity (Wildman–Crippen MR) is 77.4 cm³/mol. The van der Waals surface area contributed by atoms with Crippen LogP contribution in [-0.4, -0.2) is 54.7 Å². The van der Waals surface area contributed by atoms with Gasteiger partial charge in [-0.2, -0.15) is 0 Å². The van der Waals surface area contributed by atoms with E-state index in [0.717, 1.165) is 6.20 Å². The summed E-state index contributed by atoms with van der Waals surface area (Å²) in [6.45, 7) is 4.56. The van der Waals surface area contributed by atoms with E-state index in [0.29, 0.717) is 13.1 Å². The first-order valence-electron chi connectivity index (χ1n) is 6.89. The van der Waals surface area contributed by atoms with Crippen LogP contribution in [0.4, 0.5) is 4.39 Å². The zero-order valence-corrected chi connectivity index (χ0v) is 12.9. The molecular weight excluding hydrogens is 295 g/mol. The number of hydrogen-bond donors (Lipinski definition) is 0. The monoisotopic (exact) mass is 314 g/mol. The molecular formula is C14H19FN2O3S. The highest BCUT2D eigenvalue weighted by Crippen LogP contribution is 2.15. The molecule has 2 unspecified atom stereocenters. The SMILES string of the molecule is CC(CN1CCS(=O)(=O)CC1C)C(=O)c1ccc(F)cn1. The van der Waals surface area contributed by atoms with Gasteiger partial charge < -0.3 is 0 Å². The highest BCUT2D eigenvalue weighted by molar-refractivity contribution is 7.91. The number of rotatable bonds is 4. The fourth-order valence-electron chi connectivity index (χ4n) is 2.51. The van der Waals surface area contributed by atoms with E-state index in [9.17, 15) is 17.6 Å². The van der Waals surface area contributed by atoms with Gasteiger partial charge in [-0.15, -0.1) is 0 Å². The summed E-state index contributed by atoms with van der Waals surface area (Å²) in [6.07, 6.45) is 1.02. The molecule has 7 heteroatoms. The fourth-order valence-corrected chi connectivity index (χ4v) is 4.14. The van der Waals surface area contributed by atoms with Gasteiger partial charge in [-0.05, 0) is 19.1 Å². The number of ketones is 1. The average molecular weight is 314 g/mol. The van der Waals surface area contributed by atoms with Gasteiger partial charge in [0.25, 0.3) is 0 Å². The molecule has 1 aliphatic heterocycles. The summed E-state index contributed by atoms with van der Waals surface area (Å²) in [5.74, 6) is -0.689. The molecule has 1 fully saturated rings. The molecule has 1 aliphatic rings. The number of pyridine rings is 1. The molecule has 1 aromatic rings. The van der Waals surface area contributed by atoms with Gasteiger partial charge in [0.05, 0.1) is 17.7 Å². The van der Waals surface area contributed by atoms with Gasteiger partial charge in [-0.3, -0.25) is 14.7 Å². The number of Topliss-reactive ketones (excluding diaryl/α,β-unsaturated/α-hetero) is 1. The van der Waals surface area contributed by atoms with Gasteiger partial charge in [-0.1, -0.05) is 6.92 Å². The third-order valence-electron chi connectivity index (χ3n) is 3.74. The quantitative estimate of drug-likeness (QED) is 0.780. The van der Waals surface area contributed by atoms with E-state index >= 15 is 0 Å². The van der Waals surface area contributed by atoms with Crippen molar-refractivity contribution in [2.24, 2.45) is 5.92 Å². The summed E-state index contributed by atoms with van der Waals surface area (Å²) in [4.78, 5) is 18.0. The maximum absolute atomic E-state index is 12.8. The standard InChI is InChI=1S/C14H19FN2O3S/c1-10(14(18)13-4-3-12(15)7-16-13)8-17-5-6-21(19,20)9-11(17)2/h3-4,7,10-11H,5-6,8-9H2,1-2H3. The second kappa shape index (κ2) is 6.19. The maximum Gasteiger partial charge on any atom is 0.185 e. The van der Waals surface area contributed by atoms with Crippen molar-refractivity contribution in [2.75, 3.05) is 24.6 Å². The van der Waals surface area contributed by atoms with Crippen LogP contribution >= 0.6 is 0 Å². The van der Waals surface area contributed by atoms with Crippen LogP contribution in [0.2, 0.25) is 0 Å². The van der Waals surface area contributed by atoms with Gasteiger partial charge in [0.1, 0.15) is 11.5 Å². The first-order valence-corrected chi connectivity index (χ1v) is 8.71. The number of aromatic nitrogens is 1. The smallest absolute Gasteiger partial charge is 0.185 e. The molecule has 0 saturated carbocycles. The van der Waals surface area contributed by atoms with Crippen LogP contribution in [0, 0.1) is 11.7 Å². The molecule has 0 aromatic carbocycles. The van der Waals surface area contributed by atoms with Gasteiger partial charge in [0.2, 0.25) is 0 Å². The molecule has 0 spiro atoms. The van der Waals surface area contributed by atoms with Gasteiger partial charge in [0, 0.05) is 25.0 Å². The average Bonchev–Trinajstić information content (AvgIpc) is 2.41. The number of carbonyl (C=O) groups is 1. The molecule has 1 aromatic heterocycles. The molecule has 116 valence electrons. The summed E-state index contributed by atoms with van der Waals surface area (Å²) in [5, 5.41) is 0. The summed E-state index contributed by atoms with van der Waals surface area (Å²) < 4.78 is 35.9. The first-order chi connectivity index (χ1) is 9.78. The molecule has 2 rings (SSSR count). The van der Waals surface area contributed by atoms with Crippen molar-refractivity contribution in [2.45, 2.75) is 19.9 Å². The van der Waals surface area contributed by atoms with Crippen LogP contribution in [0.1, 0.15) is 24.3 Å². The van der Waals surface area contributed by atoms with E-state index < -0.39 is 15.7 Å². The van der Waals surface area contributed by atoms with Crippen molar-refractivity contribution < 1.29 is 17.6 Å². The lowest BCUT2D eigenvalue weighted by Crippen LogP contribution is -2.49. The van der Waals surface area contributed by atoms with Crippen LogP contribution in [0.15, 0.2) is 18.3 Å². The Labute approximate surface area is 124 Å². The van der Waals surface area contributed by atoms with E-state index in [2.05, 4.69) is 4.98 Å². The van der Waals surface area contributed by atoms with Crippen molar-refractivity contribution in [1.29, 1.82) is 0 Å². The highest BCUT2D eigenvalue weighted by atomic mass is 32.2. The molecule has 2 atom stereocenters. The second-order valence-corrected chi connectivity index (χ2v) is 7.81. The van der Waals surface area contributed by atoms with E-state index in [1.165, 1.54) is 12.1 Å². The Hall–Kier alpha value is -1.34. The minimum atomic E-state index is -2.96. The third kappa shape index (κ3) is 4.07. The lowest BCUT2D eigenvalue weighted by atomic mass is 10.0. The molecule has 0 aliphatic carbocycles. The van der Waals surface area contributed by atoms with Gasteiger partial charge in [0.15, 0.2) is 15.6 Å². The maximum atomic E-state index is 12.8. The Morgan fingerprint density at radius 2 is 2.24 bits per heavy atom. The number of sulfone groups is 1. The lowest BCUT2D eigenvalue weighted by Gasteiger charge is -2.34. The molecule has 0 amide bonds. The molecule has 2 heterocycles. The minimum absolute atomic E-state index is 0.0971. The second-order valence-electron chi connectivity index (χ2n) is 5.59. The molecule has 0 bridgehead atoms. The van der Waals surface area contributed by atoms with Crippen molar-refractivity contribution in [3.63, 3.8) is 0 Å². The van der Waals surface area contributed by atoms with E-state index in [4.69, 9.17) is 0 Å². The summed E-state index contributed by atoms with van der Waals surface area (Å²) in [5.41, 5.74) is 0.237. The molecule has 0 radical (unpaired) electrons. The van der Waals surface area contributed by atoms with Gasteiger partial charge >= 0.3 is 0 Å².